The molecule has 0 amide bonds. The van der Waals surface area contributed by atoms with Crippen molar-refractivity contribution in [3.63, 3.8) is 0 Å². The molecule has 1 N–H and O–H groups in total. The molecule has 0 aliphatic carbocycles. The van der Waals surface area contributed by atoms with E-state index in [4.69, 9.17) is 16.3 Å². The van der Waals surface area contributed by atoms with E-state index in [1.807, 2.05) is 18.2 Å². The molecule has 5 heteroatoms. The molecule has 1 aromatic rings. The van der Waals surface area contributed by atoms with Crippen molar-refractivity contribution in [2.24, 2.45) is 0 Å². The lowest BCUT2D eigenvalue weighted by Crippen LogP contribution is -2.48. The fourth-order valence-electron chi connectivity index (χ4n) is 2.41. The van der Waals surface area contributed by atoms with Gasteiger partial charge in [-0.25, -0.2) is 0 Å². The van der Waals surface area contributed by atoms with E-state index in [2.05, 4.69) is 15.9 Å². The van der Waals surface area contributed by atoms with E-state index < -0.39 is 6.10 Å². The minimum atomic E-state index is -0.431. The Balaban J connectivity index is 1.92. The van der Waals surface area contributed by atoms with Gasteiger partial charge >= 0.3 is 0 Å². The quantitative estimate of drug-likeness (QED) is 0.830. The summed E-state index contributed by atoms with van der Waals surface area (Å²) in [4.78, 5) is 4.57. The Hall–Kier alpha value is -0.970. The van der Waals surface area contributed by atoms with Crippen LogP contribution in [0.4, 0.5) is 5.69 Å². The van der Waals surface area contributed by atoms with Gasteiger partial charge in [0.05, 0.1) is 18.9 Å². The van der Waals surface area contributed by atoms with E-state index in [1.165, 1.54) is 0 Å². The summed E-state index contributed by atoms with van der Waals surface area (Å²) < 4.78 is 5.39. The number of methoxy groups -OCH3 is 1. The summed E-state index contributed by atoms with van der Waals surface area (Å²) in [5.41, 5.74) is 1.14. The summed E-state index contributed by atoms with van der Waals surface area (Å²) >= 11 is 5.63. The van der Waals surface area contributed by atoms with E-state index >= 15 is 0 Å². The maximum Gasteiger partial charge on any atom is 0.142 e. The molecule has 0 aromatic heterocycles. The van der Waals surface area contributed by atoms with E-state index in [-0.39, 0.29) is 0 Å². The molecule has 1 heterocycles. The normalized spacial score (nSPS) is 18.4. The Kier molecular flexibility index (Phi) is 5.31. The van der Waals surface area contributed by atoms with Crippen molar-refractivity contribution < 1.29 is 9.84 Å². The first-order valence-electron chi connectivity index (χ1n) is 6.59. The summed E-state index contributed by atoms with van der Waals surface area (Å²) in [5.74, 6) is 1.21. The Bertz CT molecular complexity index is 395. The SMILES string of the molecule is COc1ccccc1N1CCN(CC(O)CCl)CC1. The van der Waals surface area contributed by atoms with Gasteiger partial charge in [-0.1, -0.05) is 12.1 Å². The molecule has 1 atom stereocenters. The Morgan fingerprint density at radius 1 is 1.26 bits per heavy atom. The van der Waals surface area contributed by atoms with Crippen LogP contribution in [0.25, 0.3) is 0 Å². The molecular formula is C14H21ClN2O2. The number of hydrogen-bond donors (Lipinski definition) is 1. The molecule has 1 aromatic carbocycles. The standard InChI is InChI=1S/C14H21ClN2O2/c1-19-14-5-3-2-4-13(14)17-8-6-16(7-9-17)11-12(18)10-15/h2-5,12,18H,6-11H2,1H3. The molecule has 0 saturated carbocycles. The van der Waals surface area contributed by atoms with Crippen LogP contribution in [0.2, 0.25) is 0 Å². The number of rotatable bonds is 5. The number of ether oxygens (including phenoxy) is 1. The van der Waals surface area contributed by atoms with E-state index in [1.54, 1.807) is 7.11 Å². The first-order valence-corrected chi connectivity index (χ1v) is 7.12. The van der Waals surface area contributed by atoms with E-state index in [9.17, 15) is 5.11 Å². The van der Waals surface area contributed by atoms with Crippen molar-refractivity contribution in [2.75, 3.05) is 50.6 Å². The number of anilines is 1. The van der Waals surface area contributed by atoms with E-state index in [0.29, 0.717) is 12.4 Å². The molecule has 2 rings (SSSR count). The molecule has 1 fully saturated rings. The molecule has 1 aliphatic heterocycles. The number of halogens is 1. The zero-order valence-electron chi connectivity index (χ0n) is 11.3. The number of alkyl halides is 1. The van der Waals surface area contributed by atoms with Crippen LogP contribution in [0.5, 0.6) is 5.75 Å². The predicted molar refractivity (Wildman–Crippen MR) is 78.4 cm³/mol. The van der Waals surface area contributed by atoms with Crippen molar-refractivity contribution >= 4 is 17.3 Å². The largest absolute Gasteiger partial charge is 0.495 e. The highest BCUT2D eigenvalue weighted by Gasteiger charge is 2.20. The van der Waals surface area contributed by atoms with Crippen LogP contribution < -0.4 is 9.64 Å². The summed E-state index contributed by atoms with van der Waals surface area (Å²) in [6.07, 6.45) is -0.431. The number of aliphatic hydroxyl groups excluding tert-OH is 1. The second-order valence-corrected chi connectivity index (χ2v) is 5.08. The van der Waals surface area contributed by atoms with Gasteiger partial charge in [-0.3, -0.25) is 4.90 Å². The average molecular weight is 285 g/mol. The number of hydrogen-bond acceptors (Lipinski definition) is 4. The van der Waals surface area contributed by atoms with Gasteiger partial charge in [0.1, 0.15) is 5.75 Å². The third-order valence-electron chi connectivity index (χ3n) is 3.45. The summed E-state index contributed by atoms with van der Waals surface area (Å²) in [7, 11) is 1.70. The maximum atomic E-state index is 9.57. The molecule has 1 saturated heterocycles. The highest BCUT2D eigenvalue weighted by molar-refractivity contribution is 6.18. The van der Waals surface area contributed by atoms with Crippen LogP contribution >= 0.6 is 11.6 Å². The molecule has 19 heavy (non-hydrogen) atoms. The second kappa shape index (κ2) is 6.98. The topological polar surface area (TPSA) is 35.9 Å². The third-order valence-corrected chi connectivity index (χ3v) is 3.80. The number of piperazine rings is 1. The van der Waals surface area contributed by atoms with Crippen LogP contribution in [-0.2, 0) is 0 Å². The number of benzene rings is 1. The van der Waals surface area contributed by atoms with Gasteiger partial charge in [0.2, 0.25) is 0 Å². The molecular weight excluding hydrogens is 264 g/mol. The lowest BCUT2D eigenvalue weighted by Gasteiger charge is -2.37. The van der Waals surface area contributed by atoms with Crippen LogP contribution in [0.1, 0.15) is 0 Å². The van der Waals surface area contributed by atoms with Crippen LogP contribution in [0.15, 0.2) is 24.3 Å². The lowest BCUT2D eigenvalue weighted by atomic mass is 10.2. The van der Waals surface area contributed by atoms with Gasteiger partial charge < -0.3 is 14.7 Å². The first-order chi connectivity index (χ1) is 9.24. The molecule has 106 valence electrons. The Labute approximate surface area is 119 Å². The summed E-state index contributed by atoms with van der Waals surface area (Å²) in [6.45, 7) is 4.41. The second-order valence-electron chi connectivity index (χ2n) is 4.77. The van der Waals surface area contributed by atoms with Gasteiger partial charge in [0.15, 0.2) is 0 Å². The Morgan fingerprint density at radius 3 is 2.58 bits per heavy atom. The van der Waals surface area contributed by atoms with Crippen molar-refractivity contribution in [2.45, 2.75) is 6.10 Å². The number of aliphatic hydroxyl groups is 1. The van der Waals surface area contributed by atoms with Gasteiger partial charge in [0, 0.05) is 38.6 Å². The molecule has 0 spiro atoms. The smallest absolute Gasteiger partial charge is 0.142 e. The fourth-order valence-corrected chi connectivity index (χ4v) is 2.51. The highest BCUT2D eigenvalue weighted by Crippen LogP contribution is 2.28. The number of β-amino-alcohol motifs (C(OH)–C–C–N with tert-alkyl or cyclic N) is 1. The Morgan fingerprint density at radius 2 is 1.95 bits per heavy atom. The van der Waals surface area contributed by atoms with Crippen LogP contribution in [0, 0.1) is 0 Å². The molecule has 4 nitrogen and oxygen atoms in total. The first kappa shape index (κ1) is 14.4. The minimum absolute atomic E-state index is 0.298. The number of nitrogens with zero attached hydrogens (tertiary/aromatic N) is 2. The predicted octanol–water partition coefficient (Wildman–Crippen LogP) is 1.42. The lowest BCUT2D eigenvalue weighted by molar-refractivity contribution is 0.125. The summed E-state index contributed by atoms with van der Waals surface area (Å²) in [5, 5.41) is 9.57. The van der Waals surface area contributed by atoms with Gasteiger partial charge in [-0.15, -0.1) is 11.6 Å². The average Bonchev–Trinajstić information content (AvgIpc) is 2.48. The van der Waals surface area contributed by atoms with Crippen molar-refractivity contribution in [1.29, 1.82) is 0 Å². The zero-order valence-corrected chi connectivity index (χ0v) is 12.0. The van der Waals surface area contributed by atoms with Gasteiger partial charge in [-0.05, 0) is 12.1 Å². The third kappa shape index (κ3) is 3.75. The molecule has 0 bridgehead atoms. The van der Waals surface area contributed by atoms with Crippen molar-refractivity contribution in [3.05, 3.63) is 24.3 Å². The van der Waals surface area contributed by atoms with Crippen molar-refractivity contribution in [1.82, 2.24) is 4.90 Å². The van der Waals surface area contributed by atoms with Gasteiger partial charge in [0.25, 0.3) is 0 Å². The van der Waals surface area contributed by atoms with E-state index in [0.717, 1.165) is 37.6 Å². The van der Waals surface area contributed by atoms with Crippen LogP contribution in [0.3, 0.4) is 0 Å². The monoisotopic (exact) mass is 284 g/mol. The van der Waals surface area contributed by atoms with Crippen molar-refractivity contribution in [3.8, 4) is 5.75 Å². The zero-order chi connectivity index (χ0) is 13.7. The number of para-hydroxylation sites is 2. The minimum Gasteiger partial charge on any atom is -0.495 e. The summed E-state index contributed by atoms with van der Waals surface area (Å²) in [6, 6.07) is 8.08. The van der Waals surface area contributed by atoms with Crippen LogP contribution in [-0.4, -0.2) is 61.8 Å². The fraction of sp³-hybridized carbons (Fsp3) is 0.571. The highest BCUT2D eigenvalue weighted by atomic mass is 35.5. The van der Waals surface area contributed by atoms with Gasteiger partial charge in [-0.2, -0.15) is 0 Å². The maximum absolute atomic E-state index is 9.57. The molecule has 1 unspecified atom stereocenters. The molecule has 0 radical (unpaired) electrons. The molecule has 1 aliphatic rings.